The zero-order valence-corrected chi connectivity index (χ0v) is 18.6. The van der Waals surface area contributed by atoms with Crippen LogP contribution in [-0.2, 0) is 16.0 Å². The fraction of sp³-hybridized carbons (Fsp3) is 0.143. The van der Waals surface area contributed by atoms with Gasteiger partial charge in [-0.3, -0.25) is 0 Å². The van der Waals surface area contributed by atoms with Crippen molar-refractivity contribution in [2.24, 2.45) is 0 Å². The van der Waals surface area contributed by atoms with Crippen LogP contribution in [0.2, 0.25) is 0 Å². The summed E-state index contributed by atoms with van der Waals surface area (Å²) in [5, 5.41) is 12.0. The van der Waals surface area contributed by atoms with Crippen molar-refractivity contribution < 1.29 is 28.2 Å². The van der Waals surface area contributed by atoms with Gasteiger partial charge in [-0.25, -0.2) is 14.0 Å². The van der Waals surface area contributed by atoms with Gasteiger partial charge in [0.1, 0.15) is 30.0 Å². The Morgan fingerprint density at radius 3 is 2.17 bits per heavy atom. The van der Waals surface area contributed by atoms with Gasteiger partial charge in [-0.15, -0.1) is 0 Å². The monoisotopic (exact) mass is 471 g/mol. The zero-order valence-electron chi connectivity index (χ0n) is 18.6. The molecule has 1 aliphatic carbocycles. The van der Waals surface area contributed by atoms with Crippen molar-refractivity contribution >= 4 is 12.1 Å². The van der Waals surface area contributed by atoms with Crippen LogP contribution in [0.15, 0.2) is 89.3 Å². The maximum Gasteiger partial charge on any atom is 0.407 e. The second-order valence-electron chi connectivity index (χ2n) is 8.34. The molecule has 0 aliphatic heterocycles. The number of benzene rings is 3. The van der Waals surface area contributed by atoms with Crippen molar-refractivity contribution in [3.8, 4) is 22.5 Å². The van der Waals surface area contributed by atoms with Crippen molar-refractivity contribution in [3.05, 3.63) is 108 Å². The molecule has 176 valence electrons. The van der Waals surface area contributed by atoms with E-state index in [2.05, 4.69) is 5.32 Å². The van der Waals surface area contributed by atoms with E-state index in [1.165, 1.54) is 12.1 Å². The number of alkyl carbamates (subject to hydrolysis) is 1. The number of hydrogen-bond acceptors (Lipinski definition) is 4. The summed E-state index contributed by atoms with van der Waals surface area (Å²) in [6.45, 7) is 0.0850. The van der Waals surface area contributed by atoms with Crippen molar-refractivity contribution in [3.63, 3.8) is 0 Å². The molecule has 0 radical (unpaired) electrons. The number of carbonyl (C=O) groups excluding carboxylic acids is 1. The Balaban J connectivity index is 1.23. The molecule has 2 N–H and O–H groups in total. The van der Waals surface area contributed by atoms with Gasteiger partial charge < -0.3 is 19.6 Å². The highest BCUT2D eigenvalue weighted by Gasteiger charge is 2.30. The predicted molar refractivity (Wildman–Crippen MR) is 127 cm³/mol. The largest absolute Gasteiger partial charge is 0.480 e. The second kappa shape index (κ2) is 9.46. The summed E-state index contributed by atoms with van der Waals surface area (Å²) in [5.41, 5.74) is 5.01. The van der Waals surface area contributed by atoms with Crippen molar-refractivity contribution in [2.75, 3.05) is 6.61 Å². The van der Waals surface area contributed by atoms with E-state index in [1.54, 1.807) is 24.3 Å². The van der Waals surface area contributed by atoms with Crippen LogP contribution in [0.4, 0.5) is 9.18 Å². The predicted octanol–water partition coefficient (Wildman–Crippen LogP) is 5.62. The van der Waals surface area contributed by atoms with E-state index >= 15 is 0 Å². The molecule has 1 heterocycles. The molecule has 5 rings (SSSR count). The lowest BCUT2D eigenvalue weighted by atomic mass is 9.98. The molecule has 1 atom stereocenters. The molecule has 1 aromatic heterocycles. The van der Waals surface area contributed by atoms with Gasteiger partial charge in [-0.05, 0) is 58.7 Å². The summed E-state index contributed by atoms with van der Waals surface area (Å²) in [6.07, 6.45) is -0.884. The van der Waals surface area contributed by atoms with Gasteiger partial charge in [0.2, 0.25) is 0 Å². The number of furan rings is 1. The molecule has 1 aliphatic rings. The minimum Gasteiger partial charge on any atom is -0.480 e. The number of amides is 1. The smallest absolute Gasteiger partial charge is 0.407 e. The summed E-state index contributed by atoms with van der Waals surface area (Å²) >= 11 is 0. The molecule has 6 nitrogen and oxygen atoms in total. The molecule has 1 unspecified atom stereocenters. The van der Waals surface area contributed by atoms with E-state index in [0.29, 0.717) is 17.1 Å². The molecule has 0 bridgehead atoms. The Bertz CT molecular complexity index is 1330. The van der Waals surface area contributed by atoms with E-state index in [4.69, 9.17) is 9.15 Å². The Morgan fingerprint density at radius 2 is 1.54 bits per heavy atom. The van der Waals surface area contributed by atoms with Crippen molar-refractivity contribution in [2.45, 2.75) is 18.4 Å². The highest BCUT2D eigenvalue weighted by Crippen LogP contribution is 2.44. The minimum atomic E-state index is -1.24. The number of carbonyl (C=O) groups is 2. The Labute approximate surface area is 201 Å². The van der Waals surface area contributed by atoms with Crippen molar-refractivity contribution in [1.29, 1.82) is 0 Å². The summed E-state index contributed by atoms with van der Waals surface area (Å²) in [5.74, 6) is -0.849. The maximum absolute atomic E-state index is 13.1. The number of carboxylic acid groups (broad SMARTS) is 1. The molecule has 7 heteroatoms. The van der Waals surface area contributed by atoms with Crippen LogP contribution in [0.25, 0.3) is 22.5 Å². The van der Waals surface area contributed by atoms with Gasteiger partial charge in [-0.2, -0.15) is 0 Å². The molecule has 3 aromatic carbocycles. The lowest BCUT2D eigenvalue weighted by molar-refractivity contribution is -0.139. The third-order valence-corrected chi connectivity index (χ3v) is 6.13. The summed E-state index contributed by atoms with van der Waals surface area (Å²) in [6, 6.07) is 23.8. The van der Waals surface area contributed by atoms with E-state index in [1.807, 2.05) is 48.5 Å². The molecule has 0 saturated heterocycles. The fourth-order valence-electron chi connectivity index (χ4n) is 4.44. The second-order valence-corrected chi connectivity index (χ2v) is 8.34. The molecule has 0 fully saturated rings. The molecular weight excluding hydrogens is 449 g/mol. The lowest BCUT2D eigenvalue weighted by Crippen LogP contribution is -2.42. The first-order valence-corrected chi connectivity index (χ1v) is 11.2. The van der Waals surface area contributed by atoms with E-state index in [9.17, 15) is 19.1 Å². The number of nitrogens with one attached hydrogen (secondary N) is 1. The van der Waals surface area contributed by atoms with Gasteiger partial charge in [0.15, 0.2) is 0 Å². The van der Waals surface area contributed by atoms with Crippen LogP contribution in [0.1, 0.15) is 22.8 Å². The van der Waals surface area contributed by atoms with Crippen LogP contribution in [0.3, 0.4) is 0 Å². The molecular formula is C28H22FNO5. The number of halogens is 1. The molecule has 0 saturated carbocycles. The first-order valence-electron chi connectivity index (χ1n) is 11.2. The summed E-state index contributed by atoms with van der Waals surface area (Å²) in [7, 11) is 0. The fourth-order valence-corrected chi connectivity index (χ4v) is 4.44. The highest BCUT2D eigenvalue weighted by molar-refractivity contribution is 5.81. The molecule has 1 amide bonds. The van der Waals surface area contributed by atoms with Crippen LogP contribution in [0, 0.1) is 5.82 Å². The molecule has 35 heavy (non-hydrogen) atoms. The van der Waals surface area contributed by atoms with Crippen LogP contribution in [0.5, 0.6) is 0 Å². The quantitative estimate of drug-likeness (QED) is 0.365. The third kappa shape index (κ3) is 4.66. The van der Waals surface area contributed by atoms with Gasteiger partial charge in [-0.1, -0.05) is 48.5 Å². The summed E-state index contributed by atoms with van der Waals surface area (Å²) < 4.78 is 24.3. The van der Waals surface area contributed by atoms with Gasteiger partial charge in [0.25, 0.3) is 0 Å². The van der Waals surface area contributed by atoms with E-state index < -0.39 is 18.1 Å². The SMILES string of the molecule is O=C(NC(Cc1ccc(-c2ccc(F)cc2)o1)C(=O)O)OCC1c2ccccc2-c2ccccc21. The number of rotatable bonds is 7. The van der Waals surface area contributed by atoms with Crippen LogP contribution in [-0.4, -0.2) is 29.8 Å². The lowest BCUT2D eigenvalue weighted by Gasteiger charge is -2.17. The Kier molecular flexibility index (Phi) is 6.06. The average Bonchev–Trinajstić information content (AvgIpc) is 3.45. The molecule has 4 aromatic rings. The zero-order chi connectivity index (χ0) is 24.4. The third-order valence-electron chi connectivity index (χ3n) is 6.13. The van der Waals surface area contributed by atoms with Crippen LogP contribution >= 0.6 is 0 Å². The van der Waals surface area contributed by atoms with Gasteiger partial charge in [0, 0.05) is 17.9 Å². The highest BCUT2D eigenvalue weighted by atomic mass is 19.1. The van der Waals surface area contributed by atoms with Gasteiger partial charge >= 0.3 is 12.1 Å². The number of ether oxygens (including phenoxy) is 1. The summed E-state index contributed by atoms with van der Waals surface area (Å²) in [4.78, 5) is 24.3. The Hall–Kier alpha value is -4.39. The minimum absolute atomic E-state index is 0.0687. The standard InChI is InChI=1S/C28H22FNO5/c29-18-11-9-17(10-12-18)26-14-13-19(35-26)15-25(27(31)32)30-28(33)34-16-24-22-7-3-1-5-20(22)21-6-2-4-8-23(21)24/h1-14,24-25H,15-16H2,(H,30,33)(H,31,32). The van der Waals surface area contributed by atoms with E-state index in [0.717, 1.165) is 22.3 Å². The number of carboxylic acids is 1. The Morgan fingerprint density at radius 1 is 0.914 bits per heavy atom. The molecule has 0 spiro atoms. The average molecular weight is 471 g/mol. The first kappa shape index (κ1) is 22.4. The topological polar surface area (TPSA) is 88.8 Å². The number of aliphatic carboxylic acids is 1. The maximum atomic E-state index is 13.1. The van der Waals surface area contributed by atoms with Gasteiger partial charge in [0.05, 0.1) is 0 Å². The number of hydrogen-bond donors (Lipinski definition) is 2. The van der Waals surface area contributed by atoms with Crippen molar-refractivity contribution in [1.82, 2.24) is 5.32 Å². The first-order chi connectivity index (χ1) is 17.0. The normalized spacial score (nSPS) is 13.1. The number of fused-ring (bicyclic) bond motifs is 3. The van der Waals surface area contributed by atoms with E-state index in [-0.39, 0.29) is 24.8 Å². The van der Waals surface area contributed by atoms with Crippen LogP contribution < -0.4 is 5.32 Å².